The van der Waals surface area contributed by atoms with Crippen molar-refractivity contribution in [3.8, 4) is 0 Å². The largest absolute Gasteiger partial charge is 0.478 e. The predicted molar refractivity (Wildman–Crippen MR) is 134 cm³/mol. The number of carbonyl (C=O) groups is 3. The first-order chi connectivity index (χ1) is 16.8. The molecule has 3 N–H and O–H groups in total. The number of carboxylic acids is 2. The topological polar surface area (TPSA) is 107 Å². The zero-order valence-electron chi connectivity index (χ0n) is 20.2. The molecule has 0 bridgehead atoms. The minimum absolute atomic E-state index is 0.193. The summed E-state index contributed by atoms with van der Waals surface area (Å²) in [4.78, 5) is 33.9. The number of likely N-dealkylation sites (tertiary alicyclic amines) is 1. The summed E-state index contributed by atoms with van der Waals surface area (Å²) in [6.07, 6.45) is 6.86. The van der Waals surface area contributed by atoms with E-state index in [1.54, 1.807) is 0 Å². The number of nitrogens with one attached hydrogen (secondary N) is 1. The van der Waals surface area contributed by atoms with E-state index in [2.05, 4.69) is 29.6 Å². The van der Waals surface area contributed by atoms with Gasteiger partial charge in [-0.3, -0.25) is 4.79 Å². The first-order valence-electron chi connectivity index (χ1n) is 12.1. The van der Waals surface area contributed by atoms with Crippen LogP contribution in [0.5, 0.6) is 0 Å². The van der Waals surface area contributed by atoms with E-state index < -0.39 is 11.9 Å². The summed E-state index contributed by atoms with van der Waals surface area (Å²) in [5.74, 6) is -1.60. The predicted octanol–water partition coefficient (Wildman–Crippen LogP) is 3.71. The average Bonchev–Trinajstić information content (AvgIpc) is 3.05. The zero-order valence-corrected chi connectivity index (χ0v) is 20.2. The molecule has 0 aliphatic carbocycles. The van der Waals surface area contributed by atoms with Crippen molar-refractivity contribution in [2.75, 3.05) is 19.6 Å². The summed E-state index contributed by atoms with van der Waals surface area (Å²) in [5, 5.41) is 19.4. The summed E-state index contributed by atoms with van der Waals surface area (Å²) in [7, 11) is 0. The van der Waals surface area contributed by atoms with Gasteiger partial charge in [-0.05, 0) is 74.8 Å². The molecule has 1 saturated heterocycles. The number of aliphatic carboxylic acids is 2. The van der Waals surface area contributed by atoms with Crippen LogP contribution in [0.4, 0.5) is 0 Å². The Labute approximate surface area is 206 Å². The number of amides is 1. The lowest BCUT2D eigenvalue weighted by Gasteiger charge is -2.34. The molecule has 2 aromatic rings. The van der Waals surface area contributed by atoms with Crippen LogP contribution in [0, 0.1) is 12.8 Å². The van der Waals surface area contributed by atoms with E-state index in [-0.39, 0.29) is 5.91 Å². The number of aryl methyl sites for hydroxylation is 1. The Hall–Kier alpha value is -3.45. The van der Waals surface area contributed by atoms with Crippen LogP contribution in [0.2, 0.25) is 0 Å². The van der Waals surface area contributed by atoms with Gasteiger partial charge in [0, 0.05) is 36.8 Å². The van der Waals surface area contributed by atoms with E-state index in [4.69, 9.17) is 10.2 Å². The lowest BCUT2D eigenvalue weighted by atomic mass is 9.87. The van der Waals surface area contributed by atoms with E-state index >= 15 is 0 Å². The third-order valence-corrected chi connectivity index (χ3v) is 6.57. The molecular weight excluding hydrogens is 444 g/mol. The van der Waals surface area contributed by atoms with Gasteiger partial charge in [0.1, 0.15) is 0 Å². The Morgan fingerprint density at radius 2 is 1.63 bits per heavy atom. The molecular formula is C28H34N2O5. The second-order valence-corrected chi connectivity index (χ2v) is 9.22. The fourth-order valence-corrected chi connectivity index (χ4v) is 4.79. The van der Waals surface area contributed by atoms with Crippen molar-refractivity contribution in [2.24, 2.45) is 5.92 Å². The van der Waals surface area contributed by atoms with Crippen LogP contribution in [0.15, 0.2) is 60.7 Å². The number of piperidine rings is 1. The lowest BCUT2D eigenvalue weighted by Crippen LogP contribution is -2.41. The van der Waals surface area contributed by atoms with E-state index in [0.29, 0.717) is 24.1 Å². The molecule has 1 unspecified atom stereocenters. The van der Waals surface area contributed by atoms with Crippen LogP contribution >= 0.6 is 0 Å². The Balaban J connectivity index is 0.000000371. The van der Waals surface area contributed by atoms with Crippen molar-refractivity contribution in [1.82, 2.24) is 10.2 Å². The highest BCUT2D eigenvalue weighted by molar-refractivity contribution is 5.94. The molecule has 2 aromatic carbocycles. The molecule has 1 fully saturated rings. The minimum Gasteiger partial charge on any atom is -0.478 e. The Morgan fingerprint density at radius 3 is 2.26 bits per heavy atom. The summed E-state index contributed by atoms with van der Waals surface area (Å²) < 4.78 is 0. The van der Waals surface area contributed by atoms with Crippen molar-refractivity contribution in [1.29, 1.82) is 0 Å². The molecule has 35 heavy (non-hydrogen) atoms. The van der Waals surface area contributed by atoms with Gasteiger partial charge in [0.25, 0.3) is 5.91 Å². The SMILES string of the molecule is Cc1cccc(C(=O)N2CCC(CC3Cc4ccccc4CCN3)CC2)c1.O=C(O)/C=C/C(=O)O. The summed E-state index contributed by atoms with van der Waals surface area (Å²) >= 11 is 0. The molecule has 186 valence electrons. The summed E-state index contributed by atoms with van der Waals surface area (Å²) in [6, 6.07) is 17.4. The van der Waals surface area contributed by atoms with Crippen molar-refractivity contribution in [2.45, 2.75) is 45.1 Å². The average molecular weight is 479 g/mol. The van der Waals surface area contributed by atoms with Gasteiger partial charge in [-0.15, -0.1) is 0 Å². The van der Waals surface area contributed by atoms with Gasteiger partial charge in [-0.2, -0.15) is 0 Å². The third-order valence-electron chi connectivity index (χ3n) is 6.57. The summed E-state index contributed by atoms with van der Waals surface area (Å²) in [6.45, 7) is 4.90. The number of fused-ring (bicyclic) bond motifs is 1. The van der Waals surface area contributed by atoms with E-state index in [1.807, 2.05) is 36.1 Å². The second kappa shape index (κ2) is 12.9. The second-order valence-electron chi connectivity index (χ2n) is 9.22. The zero-order chi connectivity index (χ0) is 25.2. The van der Waals surface area contributed by atoms with Gasteiger partial charge in [0.2, 0.25) is 0 Å². The third kappa shape index (κ3) is 8.37. The fraction of sp³-hybridized carbons (Fsp3) is 0.393. The Bertz CT molecular complexity index is 1040. The molecule has 1 atom stereocenters. The highest BCUT2D eigenvalue weighted by Crippen LogP contribution is 2.26. The Kier molecular flexibility index (Phi) is 9.61. The first kappa shape index (κ1) is 26.2. The number of carbonyl (C=O) groups excluding carboxylic acids is 1. The molecule has 2 aliphatic heterocycles. The number of hydrogen-bond acceptors (Lipinski definition) is 4. The highest BCUT2D eigenvalue weighted by atomic mass is 16.4. The number of benzene rings is 2. The molecule has 0 spiro atoms. The molecule has 2 heterocycles. The Morgan fingerprint density at radius 1 is 0.971 bits per heavy atom. The smallest absolute Gasteiger partial charge is 0.328 e. The standard InChI is InChI=1S/C24H30N2O.C4H4O4/c1-18-5-4-8-22(15-18)24(27)26-13-10-19(11-14-26)16-23-17-21-7-3-2-6-20(21)9-12-25-23;5-3(6)1-2-4(7)8/h2-8,15,19,23,25H,9-14,16-17H2,1H3;1-2H,(H,5,6)(H,7,8)/b;2-1+. The molecule has 0 aromatic heterocycles. The normalized spacial score (nSPS) is 18.2. The van der Waals surface area contributed by atoms with Crippen molar-refractivity contribution in [3.63, 3.8) is 0 Å². The van der Waals surface area contributed by atoms with Gasteiger partial charge in [-0.1, -0.05) is 42.0 Å². The van der Waals surface area contributed by atoms with Crippen molar-refractivity contribution >= 4 is 17.8 Å². The van der Waals surface area contributed by atoms with E-state index in [9.17, 15) is 14.4 Å². The maximum Gasteiger partial charge on any atom is 0.328 e. The van der Waals surface area contributed by atoms with Gasteiger partial charge in [0.05, 0.1) is 0 Å². The van der Waals surface area contributed by atoms with Gasteiger partial charge >= 0.3 is 11.9 Å². The fourth-order valence-electron chi connectivity index (χ4n) is 4.79. The lowest BCUT2D eigenvalue weighted by molar-refractivity contribution is -0.134. The number of carboxylic acid groups (broad SMARTS) is 2. The maximum absolute atomic E-state index is 12.7. The quantitative estimate of drug-likeness (QED) is 0.566. The van der Waals surface area contributed by atoms with Crippen molar-refractivity contribution in [3.05, 3.63) is 82.9 Å². The molecule has 7 heteroatoms. The molecule has 1 amide bonds. The van der Waals surface area contributed by atoms with Gasteiger partial charge in [-0.25, -0.2) is 9.59 Å². The number of hydrogen-bond donors (Lipinski definition) is 3. The van der Waals surface area contributed by atoms with Crippen LogP contribution in [-0.2, 0) is 22.4 Å². The maximum atomic E-state index is 12.7. The van der Waals surface area contributed by atoms with Gasteiger partial charge in [0.15, 0.2) is 0 Å². The number of rotatable bonds is 5. The van der Waals surface area contributed by atoms with Crippen LogP contribution in [0.1, 0.15) is 46.3 Å². The van der Waals surface area contributed by atoms with Gasteiger partial charge < -0.3 is 20.4 Å². The molecule has 4 rings (SSSR count). The van der Waals surface area contributed by atoms with Crippen LogP contribution in [0.3, 0.4) is 0 Å². The molecule has 0 saturated carbocycles. The monoisotopic (exact) mass is 478 g/mol. The van der Waals surface area contributed by atoms with Crippen LogP contribution in [-0.4, -0.2) is 58.6 Å². The summed E-state index contributed by atoms with van der Waals surface area (Å²) in [5.41, 5.74) is 5.00. The van der Waals surface area contributed by atoms with E-state index in [1.165, 1.54) is 17.5 Å². The van der Waals surface area contributed by atoms with Crippen LogP contribution in [0.25, 0.3) is 0 Å². The number of nitrogens with zero attached hydrogens (tertiary/aromatic N) is 1. The highest BCUT2D eigenvalue weighted by Gasteiger charge is 2.26. The van der Waals surface area contributed by atoms with Crippen LogP contribution < -0.4 is 5.32 Å². The molecule has 7 nitrogen and oxygen atoms in total. The first-order valence-corrected chi connectivity index (χ1v) is 12.1. The van der Waals surface area contributed by atoms with Crippen molar-refractivity contribution < 1.29 is 24.6 Å². The minimum atomic E-state index is -1.26. The molecule has 2 aliphatic rings. The van der Waals surface area contributed by atoms with E-state index in [0.717, 1.165) is 56.4 Å². The molecule has 0 radical (unpaired) electrons.